The van der Waals surface area contributed by atoms with Crippen LogP contribution < -0.4 is 5.32 Å². The van der Waals surface area contributed by atoms with Gasteiger partial charge in [-0.3, -0.25) is 0 Å². The molecule has 0 radical (unpaired) electrons. The fourth-order valence-electron chi connectivity index (χ4n) is 3.18. The van der Waals surface area contributed by atoms with E-state index in [9.17, 15) is 0 Å². The van der Waals surface area contributed by atoms with Crippen LogP contribution in [0.15, 0.2) is 18.2 Å². The Hall–Kier alpha value is -1.88. The quantitative estimate of drug-likeness (QED) is 0.760. The van der Waals surface area contributed by atoms with Crippen LogP contribution in [0.3, 0.4) is 0 Å². The molecule has 0 saturated carbocycles. The highest BCUT2D eigenvalue weighted by Crippen LogP contribution is 2.31. The number of rotatable bonds is 2. The van der Waals surface area contributed by atoms with Gasteiger partial charge in [-0.1, -0.05) is 11.6 Å². The van der Waals surface area contributed by atoms with Gasteiger partial charge < -0.3 is 10.3 Å². The average molecular weight is 298 g/mol. The van der Waals surface area contributed by atoms with Gasteiger partial charge in [0.2, 0.25) is 5.13 Å². The van der Waals surface area contributed by atoms with Crippen molar-refractivity contribution in [2.75, 3.05) is 5.32 Å². The lowest BCUT2D eigenvalue weighted by Crippen LogP contribution is -2.27. The highest BCUT2D eigenvalue weighted by Gasteiger charge is 2.23. The van der Waals surface area contributed by atoms with Crippen molar-refractivity contribution in [2.24, 2.45) is 0 Å². The summed E-state index contributed by atoms with van der Waals surface area (Å²) in [5.41, 5.74) is 5.46. The van der Waals surface area contributed by atoms with Crippen molar-refractivity contribution in [1.82, 2.24) is 14.3 Å². The first kappa shape index (κ1) is 12.8. The Balaban J connectivity index is 1.64. The SMILES string of the molecule is Cc1ccc2[nH]c3c(c2c1)CC(Nc1nc(C)ns1)CC3. The van der Waals surface area contributed by atoms with E-state index in [1.54, 1.807) is 0 Å². The number of H-pyrrole nitrogens is 1. The fraction of sp³-hybridized carbons (Fsp3) is 0.375. The van der Waals surface area contributed by atoms with Gasteiger partial charge in [-0.2, -0.15) is 4.37 Å². The number of nitrogens with zero attached hydrogens (tertiary/aromatic N) is 2. The summed E-state index contributed by atoms with van der Waals surface area (Å²) in [7, 11) is 0. The Morgan fingerprint density at radius 3 is 3.05 bits per heavy atom. The Morgan fingerprint density at radius 2 is 2.24 bits per heavy atom. The second-order valence-electron chi connectivity index (χ2n) is 5.86. The monoisotopic (exact) mass is 298 g/mol. The zero-order valence-electron chi connectivity index (χ0n) is 12.2. The maximum Gasteiger partial charge on any atom is 0.202 e. The molecule has 5 heteroatoms. The van der Waals surface area contributed by atoms with Crippen LogP contribution in [0.5, 0.6) is 0 Å². The summed E-state index contributed by atoms with van der Waals surface area (Å²) in [6, 6.07) is 7.11. The topological polar surface area (TPSA) is 53.6 Å². The lowest BCUT2D eigenvalue weighted by atomic mass is 9.91. The summed E-state index contributed by atoms with van der Waals surface area (Å²) >= 11 is 1.45. The van der Waals surface area contributed by atoms with Gasteiger partial charge in [0.15, 0.2) is 0 Å². The molecule has 0 fully saturated rings. The molecule has 1 aliphatic carbocycles. The van der Waals surface area contributed by atoms with E-state index in [0.29, 0.717) is 6.04 Å². The number of nitrogens with one attached hydrogen (secondary N) is 2. The molecule has 21 heavy (non-hydrogen) atoms. The molecule has 2 aromatic heterocycles. The van der Waals surface area contributed by atoms with E-state index in [-0.39, 0.29) is 0 Å². The molecule has 1 atom stereocenters. The summed E-state index contributed by atoms with van der Waals surface area (Å²) < 4.78 is 4.24. The van der Waals surface area contributed by atoms with Crippen LogP contribution in [0, 0.1) is 13.8 Å². The van der Waals surface area contributed by atoms with Gasteiger partial charge in [-0.25, -0.2) is 4.98 Å². The van der Waals surface area contributed by atoms with Gasteiger partial charge in [0.25, 0.3) is 0 Å². The standard InChI is InChI=1S/C16H18N4S/c1-9-3-5-14-12(7-9)13-8-11(4-6-15(13)19-14)18-16-17-10(2)20-21-16/h3,5,7,11,19H,4,6,8H2,1-2H3,(H,17,18,20). The van der Waals surface area contributed by atoms with E-state index in [1.165, 1.54) is 39.3 Å². The summed E-state index contributed by atoms with van der Waals surface area (Å²) in [5, 5.41) is 5.86. The molecule has 1 aromatic carbocycles. The summed E-state index contributed by atoms with van der Waals surface area (Å²) in [6.45, 7) is 4.09. The van der Waals surface area contributed by atoms with Gasteiger partial charge in [-0.15, -0.1) is 0 Å². The predicted molar refractivity (Wildman–Crippen MR) is 87.1 cm³/mol. The number of benzene rings is 1. The van der Waals surface area contributed by atoms with Crippen LogP contribution in [-0.2, 0) is 12.8 Å². The van der Waals surface area contributed by atoms with Crippen molar-refractivity contribution in [3.8, 4) is 0 Å². The number of fused-ring (bicyclic) bond motifs is 3. The number of hydrogen-bond donors (Lipinski definition) is 2. The van der Waals surface area contributed by atoms with E-state index >= 15 is 0 Å². The van der Waals surface area contributed by atoms with E-state index in [1.807, 2.05) is 6.92 Å². The van der Waals surface area contributed by atoms with Crippen molar-refractivity contribution in [1.29, 1.82) is 0 Å². The molecule has 0 amide bonds. The molecule has 0 aliphatic heterocycles. The molecule has 3 aromatic rings. The normalized spacial score (nSPS) is 17.9. The molecular formula is C16H18N4S. The minimum atomic E-state index is 0.448. The first-order chi connectivity index (χ1) is 10.2. The number of aromatic amines is 1. The second-order valence-corrected chi connectivity index (χ2v) is 6.61. The van der Waals surface area contributed by atoms with Crippen molar-refractivity contribution < 1.29 is 0 Å². The Bertz CT molecular complexity index is 802. The average Bonchev–Trinajstić information content (AvgIpc) is 3.02. The molecule has 1 unspecified atom stereocenters. The molecule has 0 spiro atoms. The highest BCUT2D eigenvalue weighted by molar-refractivity contribution is 7.09. The maximum atomic E-state index is 4.41. The molecule has 0 bridgehead atoms. The van der Waals surface area contributed by atoms with E-state index in [4.69, 9.17) is 0 Å². The number of aromatic nitrogens is 3. The Labute approximate surface area is 127 Å². The number of hydrogen-bond acceptors (Lipinski definition) is 4. The molecule has 1 aliphatic rings. The third kappa shape index (κ3) is 2.31. The van der Waals surface area contributed by atoms with Crippen molar-refractivity contribution in [3.05, 3.63) is 40.8 Å². The largest absolute Gasteiger partial charge is 0.358 e. The minimum Gasteiger partial charge on any atom is -0.358 e. The van der Waals surface area contributed by atoms with Crippen LogP contribution >= 0.6 is 11.5 Å². The minimum absolute atomic E-state index is 0.448. The third-order valence-corrected chi connectivity index (χ3v) is 4.94. The molecule has 4 rings (SSSR count). The van der Waals surface area contributed by atoms with E-state index < -0.39 is 0 Å². The smallest absolute Gasteiger partial charge is 0.202 e. The van der Waals surface area contributed by atoms with Crippen molar-refractivity contribution in [3.63, 3.8) is 0 Å². The van der Waals surface area contributed by atoms with E-state index in [2.05, 4.69) is 44.8 Å². The molecule has 2 heterocycles. The van der Waals surface area contributed by atoms with Crippen LogP contribution in [0.2, 0.25) is 0 Å². The fourth-order valence-corrected chi connectivity index (χ4v) is 3.84. The van der Waals surface area contributed by atoms with Crippen LogP contribution in [0.4, 0.5) is 5.13 Å². The third-order valence-electron chi connectivity index (χ3n) is 4.20. The van der Waals surface area contributed by atoms with Gasteiger partial charge in [0.1, 0.15) is 5.82 Å². The molecule has 0 saturated heterocycles. The highest BCUT2D eigenvalue weighted by atomic mass is 32.1. The van der Waals surface area contributed by atoms with Crippen LogP contribution in [-0.4, -0.2) is 20.4 Å². The lowest BCUT2D eigenvalue weighted by Gasteiger charge is -2.23. The van der Waals surface area contributed by atoms with Gasteiger partial charge in [0.05, 0.1) is 0 Å². The summed E-state index contributed by atoms with van der Waals surface area (Å²) in [5.74, 6) is 0.849. The first-order valence-corrected chi connectivity index (χ1v) is 8.13. The van der Waals surface area contributed by atoms with Crippen molar-refractivity contribution >= 4 is 27.6 Å². The molecule has 108 valence electrons. The van der Waals surface area contributed by atoms with Gasteiger partial charge in [-0.05, 0) is 50.8 Å². The zero-order chi connectivity index (χ0) is 14.4. The Kier molecular flexibility index (Phi) is 2.96. The van der Waals surface area contributed by atoms with Crippen LogP contribution in [0.1, 0.15) is 29.1 Å². The van der Waals surface area contributed by atoms with Crippen molar-refractivity contribution in [2.45, 2.75) is 39.2 Å². The second kappa shape index (κ2) is 4.84. The maximum absolute atomic E-state index is 4.41. The lowest BCUT2D eigenvalue weighted by molar-refractivity contribution is 0.607. The van der Waals surface area contributed by atoms with E-state index in [0.717, 1.165) is 30.2 Å². The molecular weight excluding hydrogens is 280 g/mol. The number of aryl methyl sites for hydroxylation is 3. The number of anilines is 1. The van der Waals surface area contributed by atoms with Crippen LogP contribution in [0.25, 0.3) is 10.9 Å². The van der Waals surface area contributed by atoms with Gasteiger partial charge in [0, 0.05) is 34.2 Å². The summed E-state index contributed by atoms with van der Waals surface area (Å²) in [6.07, 6.45) is 3.29. The Morgan fingerprint density at radius 1 is 1.33 bits per heavy atom. The summed E-state index contributed by atoms with van der Waals surface area (Å²) in [4.78, 5) is 7.99. The molecule has 2 N–H and O–H groups in total. The first-order valence-electron chi connectivity index (χ1n) is 7.36. The molecule has 4 nitrogen and oxygen atoms in total. The van der Waals surface area contributed by atoms with Gasteiger partial charge >= 0.3 is 0 Å². The zero-order valence-corrected chi connectivity index (χ0v) is 13.0. The predicted octanol–water partition coefficient (Wildman–Crippen LogP) is 3.61.